The van der Waals surface area contributed by atoms with Crippen LogP contribution in [-0.2, 0) is 7.05 Å². The molecule has 3 nitrogen and oxygen atoms in total. The molecule has 0 aliphatic rings. The summed E-state index contributed by atoms with van der Waals surface area (Å²) in [7, 11) is 7.44. The Bertz CT molecular complexity index is 420. The Labute approximate surface area is 90.7 Å². The zero-order chi connectivity index (χ0) is 11.3. The van der Waals surface area contributed by atoms with E-state index in [4.69, 9.17) is 4.74 Å². The Morgan fingerprint density at radius 1 is 1.20 bits per heavy atom. The van der Waals surface area contributed by atoms with Crippen LogP contribution in [0.2, 0.25) is 0 Å². The highest BCUT2D eigenvalue weighted by Crippen LogP contribution is 2.22. The van der Waals surface area contributed by atoms with E-state index in [1.807, 2.05) is 43.9 Å². The van der Waals surface area contributed by atoms with Crippen molar-refractivity contribution < 1.29 is 4.74 Å². The van der Waals surface area contributed by atoms with Gasteiger partial charge in [-0.1, -0.05) is 18.2 Å². The number of fused-ring (bicyclic) bond motifs is 1. The van der Waals surface area contributed by atoms with E-state index < -0.39 is 0 Å². The van der Waals surface area contributed by atoms with Gasteiger partial charge in [0.15, 0.2) is 5.88 Å². The molecule has 15 heavy (non-hydrogen) atoms. The van der Waals surface area contributed by atoms with Crippen molar-refractivity contribution in [1.82, 2.24) is 9.88 Å². The molecular weight excluding hydrogens is 188 g/mol. The Balaban J connectivity index is 0.000000337. The van der Waals surface area contributed by atoms with E-state index in [-0.39, 0.29) is 0 Å². The third-order valence-electron chi connectivity index (χ3n) is 2.12. The number of hydrogen-bond donors (Lipinski definition) is 1. The molecule has 1 N–H and O–H groups in total. The van der Waals surface area contributed by atoms with Crippen molar-refractivity contribution in [2.45, 2.75) is 0 Å². The van der Waals surface area contributed by atoms with Crippen LogP contribution >= 0.6 is 0 Å². The first-order chi connectivity index (χ1) is 7.24. The molecule has 0 fully saturated rings. The van der Waals surface area contributed by atoms with E-state index in [1.54, 1.807) is 7.11 Å². The monoisotopic (exact) mass is 206 g/mol. The molecule has 1 heterocycles. The molecule has 2 rings (SSSR count). The number of para-hydroxylation sites is 1. The number of benzene rings is 1. The fourth-order valence-corrected chi connectivity index (χ4v) is 1.46. The van der Waals surface area contributed by atoms with Crippen molar-refractivity contribution in [2.24, 2.45) is 7.05 Å². The average molecular weight is 206 g/mol. The minimum absolute atomic E-state index is 0.899. The number of aryl methyl sites for hydroxylation is 1. The molecule has 0 saturated heterocycles. The van der Waals surface area contributed by atoms with Gasteiger partial charge in [-0.2, -0.15) is 0 Å². The van der Waals surface area contributed by atoms with E-state index in [9.17, 15) is 0 Å². The topological polar surface area (TPSA) is 26.2 Å². The van der Waals surface area contributed by atoms with Gasteiger partial charge in [0.1, 0.15) is 0 Å². The Morgan fingerprint density at radius 3 is 2.33 bits per heavy atom. The van der Waals surface area contributed by atoms with Crippen LogP contribution in [0, 0.1) is 0 Å². The third kappa shape index (κ3) is 2.50. The molecule has 3 heteroatoms. The molecule has 2 aromatic rings. The number of methoxy groups -OCH3 is 1. The van der Waals surface area contributed by atoms with E-state index in [0.717, 1.165) is 5.88 Å². The van der Waals surface area contributed by atoms with Crippen molar-refractivity contribution in [3.05, 3.63) is 30.3 Å². The van der Waals surface area contributed by atoms with Crippen LogP contribution in [0.4, 0.5) is 0 Å². The summed E-state index contributed by atoms with van der Waals surface area (Å²) < 4.78 is 7.23. The van der Waals surface area contributed by atoms with E-state index in [2.05, 4.69) is 17.4 Å². The maximum atomic E-state index is 5.19. The van der Waals surface area contributed by atoms with Gasteiger partial charge in [0.25, 0.3) is 0 Å². The Kier molecular flexibility index (Phi) is 4.18. The number of rotatable bonds is 1. The second-order valence-corrected chi connectivity index (χ2v) is 3.30. The first-order valence-corrected chi connectivity index (χ1v) is 4.91. The lowest BCUT2D eigenvalue weighted by atomic mass is 10.2. The average Bonchev–Trinajstić information content (AvgIpc) is 2.57. The summed E-state index contributed by atoms with van der Waals surface area (Å²) in [4.78, 5) is 0. The molecule has 0 aliphatic heterocycles. The smallest absolute Gasteiger partial charge is 0.193 e. The summed E-state index contributed by atoms with van der Waals surface area (Å²) in [5.41, 5.74) is 1.20. The second kappa shape index (κ2) is 5.41. The first kappa shape index (κ1) is 11.6. The Hall–Kier alpha value is -1.48. The summed E-state index contributed by atoms with van der Waals surface area (Å²) in [6.45, 7) is 0. The SMILES string of the molecule is CNC.COc1cc2ccccc2n1C. The van der Waals surface area contributed by atoms with Crippen molar-refractivity contribution in [3.8, 4) is 5.88 Å². The number of hydrogen-bond acceptors (Lipinski definition) is 2. The predicted octanol–water partition coefficient (Wildman–Crippen LogP) is 2.02. The van der Waals surface area contributed by atoms with Crippen molar-refractivity contribution in [3.63, 3.8) is 0 Å². The van der Waals surface area contributed by atoms with Crippen molar-refractivity contribution >= 4 is 10.9 Å². The molecule has 1 aromatic heterocycles. The molecule has 0 unspecified atom stereocenters. The zero-order valence-corrected chi connectivity index (χ0v) is 9.74. The van der Waals surface area contributed by atoms with Gasteiger partial charge < -0.3 is 14.6 Å². The fourth-order valence-electron chi connectivity index (χ4n) is 1.46. The molecule has 1 aromatic carbocycles. The van der Waals surface area contributed by atoms with Gasteiger partial charge in [-0.15, -0.1) is 0 Å². The lowest BCUT2D eigenvalue weighted by Crippen LogP contribution is -1.91. The van der Waals surface area contributed by atoms with Gasteiger partial charge in [0.05, 0.1) is 12.6 Å². The minimum atomic E-state index is 0.899. The molecule has 0 radical (unpaired) electrons. The molecule has 0 bridgehead atoms. The van der Waals surface area contributed by atoms with Crippen molar-refractivity contribution in [2.75, 3.05) is 21.2 Å². The molecule has 0 saturated carbocycles. The number of ether oxygens (including phenoxy) is 1. The lowest BCUT2D eigenvalue weighted by Gasteiger charge is -2.00. The molecule has 82 valence electrons. The van der Waals surface area contributed by atoms with Crippen LogP contribution < -0.4 is 10.1 Å². The fraction of sp³-hybridized carbons (Fsp3) is 0.333. The number of nitrogens with zero attached hydrogens (tertiary/aromatic N) is 1. The van der Waals surface area contributed by atoms with E-state index in [0.29, 0.717) is 0 Å². The maximum Gasteiger partial charge on any atom is 0.193 e. The zero-order valence-electron chi connectivity index (χ0n) is 9.74. The largest absolute Gasteiger partial charge is 0.482 e. The predicted molar refractivity (Wildman–Crippen MR) is 64.5 cm³/mol. The normalized spacial score (nSPS) is 9.60. The second-order valence-electron chi connectivity index (χ2n) is 3.30. The van der Waals surface area contributed by atoms with Gasteiger partial charge in [-0.25, -0.2) is 0 Å². The number of aromatic nitrogens is 1. The van der Waals surface area contributed by atoms with Gasteiger partial charge in [0.2, 0.25) is 0 Å². The molecule has 0 atom stereocenters. The van der Waals surface area contributed by atoms with E-state index in [1.165, 1.54) is 10.9 Å². The standard InChI is InChI=1S/C10H11NO.C2H7N/c1-11-9-6-4-3-5-8(9)7-10(11)12-2;1-3-2/h3-7H,1-2H3;3H,1-2H3. The minimum Gasteiger partial charge on any atom is -0.482 e. The van der Waals surface area contributed by atoms with Crippen LogP contribution in [0.15, 0.2) is 30.3 Å². The van der Waals surface area contributed by atoms with Gasteiger partial charge in [0, 0.05) is 18.5 Å². The highest BCUT2D eigenvalue weighted by atomic mass is 16.5. The highest BCUT2D eigenvalue weighted by molar-refractivity contribution is 5.82. The quantitative estimate of drug-likeness (QED) is 0.772. The summed E-state index contributed by atoms with van der Waals surface area (Å²) in [6, 6.07) is 10.3. The van der Waals surface area contributed by atoms with Gasteiger partial charge in [-0.3, -0.25) is 0 Å². The molecular formula is C12H18N2O. The highest BCUT2D eigenvalue weighted by Gasteiger charge is 2.02. The van der Waals surface area contributed by atoms with Crippen LogP contribution in [0.25, 0.3) is 10.9 Å². The van der Waals surface area contributed by atoms with Crippen LogP contribution in [0.5, 0.6) is 5.88 Å². The number of nitrogens with one attached hydrogen (secondary N) is 1. The van der Waals surface area contributed by atoms with Crippen molar-refractivity contribution in [1.29, 1.82) is 0 Å². The maximum absolute atomic E-state index is 5.19. The summed E-state index contributed by atoms with van der Waals surface area (Å²) >= 11 is 0. The summed E-state index contributed by atoms with van der Waals surface area (Å²) in [5.74, 6) is 0.899. The van der Waals surface area contributed by atoms with Crippen LogP contribution in [0.3, 0.4) is 0 Å². The third-order valence-corrected chi connectivity index (χ3v) is 2.12. The molecule has 0 aliphatic carbocycles. The summed E-state index contributed by atoms with van der Waals surface area (Å²) in [6.07, 6.45) is 0. The Morgan fingerprint density at radius 2 is 1.80 bits per heavy atom. The summed E-state index contributed by atoms with van der Waals surface area (Å²) in [5, 5.41) is 3.97. The lowest BCUT2D eigenvalue weighted by molar-refractivity contribution is 0.384. The van der Waals surface area contributed by atoms with E-state index >= 15 is 0 Å². The van der Waals surface area contributed by atoms with Gasteiger partial charge in [-0.05, 0) is 20.2 Å². The van der Waals surface area contributed by atoms with Gasteiger partial charge >= 0.3 is 0 Å². The molecule has 0 spiro atoms. The first-order valence-electron chi connectivity index (χ1n) is 4.91. The molecule has 0 amide bonds. The van der Waals surface area contributed by atoms with Crippen LogP contribution in [-0.4, -0.2) is 25.8 Å². The van der Waals surface area contributed by atoms with Crippen LogP contribution in [0.1, 0.15) is 0 Å².